The minimum atomic E-state index is -4.42. The summed E-state index contributed by atoms with van der Waals surface area (Å²) in [5.74, 6) is -0.271. The number of hydrogen-bond donors (Lipinski definition) is 0. The monoisotopic (exact) mass is 435 g/mol. The number of carbonyl (C=O) groups excluding carboxylic acids is 1. The average Bonchev–Trinajstić information content (AvgIpc) is 2.81. The summed E-state index contributed by atoms with van der Waals surface area (Å²) in [7, 11) is 0. The molecule has 160 valence electrons. The number of alkyl halides is 3. The fourth-order valence-corrected chi connectivity index (χ4v) is 2.97. The normalized spacial score (nSPS) is 11.7. The van der Waals surface area contributed by atoms with Gasteiger partial charge in [0.05, 0.1) is 11.0 Å². The van der Waals surface area contributed by atoms with Crippen molar-refractivity contribution in [2.24, 2.45) is 0 Å². The molecular formula is C24H16F3N3O2. The minimum Gasteiger partial charge on any atom is -0.468 e. The summed E-state index contributed by atoms with van der Waals surface area (Å²) < 4.78 is 41.2. The number of pyridine rings is 1. The fourth-order valence-electron chi connectivity index (χ4n) is 2.97. The van der Waals surface area contributed by atoms with E-state index in [4.69, 9.17) is 0 Å². The van der Waals surface area contributed by atoms with Gasteiger partial charge in [0.25, 0.3) is 0 Å². The van der Waals surface area contributed by atoms with Crippen LogP contribution in [0.5, 0.6) is 5.88 Å². The van der Waals surface area contributed by atoms with Crippen molar-refractivity contribution in [2.45, 2.75) is 6.18 Å². The van der Waals surface area contributed by atoms with E-state index in [-0.39, 0.29) is 11.7 Å². The second-order valence-corrected chi connectivity index (χ2v) is 6.87. The van der Waals surface area contributed by atoms with Crippen LogP contribution in [0.1, 0.15) is 15.9 Å². The van der Waals surface area contributed by atoms with Crippen molar-refractivity contribution < 1.29 is 22.7 Å². The Morgan fingerprint density at radius 1 is 0.875 bits per heavy atom. The summed E-state index contributed by atoms with van der Waals surface area (Å²) in [5, 5.41) is 0. The van der Waals surface area contributed by atoms with E-state index in [0.29, 0.717) is 11.1 Å². The van der Waals surface area contributed by atoms with Crippen molar-refractivity contribution >= 4 is 22.9 Å². The first-order chi connectivity index (χ1) is 15.4. The topological polar surface area (TPSA) is 65.0 Å². The lowest BCUT2D eigenvalue weighted by Gasteiger charge is -2.09. The summed E-state index contributed by atoms with van der Waals surface area (Å²) in [5.41, 5.74) is 4.33. The van der Waals surface area contributed by atoms with Gasteiger partial charge in [0.1, 0.15) is 0 Å². The van der Waals surface area contributed by atoms with Crippen LogP contribution in [0.2, 0.25) is 0 Å². The highest BCUT2D eigenvalue weighted by atomic mass is 19.4. The molecule has 2 aromatic carbocycles. The molecule has 0 unspecified atom stereocenters. The van der Waals surface area contributed by atoms with Crippen LogP contribution in [-0.4, -0.2) is 33.5 Å². The van der Waals surface area contributed by atoms with Gasteiger partial charge in [0.2, 0.25) is 5.88 Å². The van der Waals surface area contributed by atoms with E-state index in [1.807, 2.05) is 18.2 Å². The number of benzene rings is 2. The molecule has 0 radical (unpaired) electrons. The first-order valence-corrected chi connectivity index (χ1v) is 9.57. The lowest BCUT2D eigenvalue weighted by atomic mass is 10.0. The molecule has 0 fully saturated rings. The molecule has 0 aliphatic heterocycles. The number of ketones is 1. The van der Waals surface area contributed by atoms with E-state index in [2.05, 4.69) is 19.7 Å². The Labute approximate surface area is 181 Å². The van der Waals surface area contributed by atoms with Crippen molar-refractivity contribution in [3.05, 3.63) is 90.4 Å². The maximum atomic E-state index is 12.5. The minimum absolute atomic E-state index is 0.109. The van der Waals surface area contributed by atoms with E-state index in [1.54, 1.807) is 48.8 Å². The number of hydrogen-bond acceptors (Lipinski definition) is 5. The average molecular weight is 435 g/mol. The Bertz CT molecular complexity index is 1270. The van der Waals surface area contributed by atoms with Gasteiger partial charge in [-0.3, -0.25) is 14.8 Å². The van der Waals surface area contributed by atoms with Gasteiger partial charge in [-0.05, 0) is 35.4 Å². The molecule has 0 amide bonds. The Morgan fingerprint density at radius 2 is 1.59 bits per heavy atom. The zero-order valence-electron chi connectivity index (χ0n) is 16.6. The molecule has 0 atom stereocenters. The van der Waals surface area contributed by atoms with Crippen LogP contribution in [0.4, 0.5) is 13.2 Å². The molecule has 5 nitrogen and oxygen atoms in total. The molecule has 0 saturated carbocycles. The summed E-state index contributed by atoms with van der Waals surface area (Å²) in [4.78, 5) is 24.8. The Hall–Kier alpha value is -4.07. The molecule has 32 heavy (non-hydrogen) atoms. The number of nitrogens with zero attached hydrogens (tertiary/aromatic N) is 3. The maximum absolute atomic E-state index is 12.5. The quantitative estimate of drug-likeness (QED) is 0.294. The fraction of sp³-hybridized carbons (Fsp3) is 0.0833. The van der Waals surface area contributed by atoms with E-state index >= 15 is 0 Å². The number of carbonyl (C=O) groups is 1. The molecule has 0 aliphatic carbocycles. The predicted octanol–water partition coefficient (Wildman–Crippen LogP) is 5.53. The lowest BCUT2D eigenvalue weighted by molar-refractivity contribution is -0.154. The van der Waals surface area contributed by atoms with Gasteiger partial charge in [-0.2, -0.15) is 13.2 Å². The van der Waals surface area contributed by atoms with Crippen LogP contribution in [0.3, 0.4) is 0 Å². The molecule has 2 aromatic heterocycles. The zero-order valence-corrected chi connectivity index (χ0v) is 16.6. The van der Waals surface area contributed by atoms with E-state index in [1.165, 1.54) is 18.3 Å². The van der Waals surface area contributed by atoms with Crippen molar-refractivity contribution in [2.75, 3.05) is 6.61 Å². The maximum Gasteiger partial charge on any atom is 0.422 e. The van der Waals surface area contributed by atoms with E-state index in [9.17, 15) is 18.0 Å². The Kier molecular flexibility index (Phi) is 5.93. The third kappa shape index (κ3) is 5.34. The van der Waals surface area contributed by atoms with Crippen molar-refractivity contribution in [1.82, 2.24) is 15.0 Å². The molecule has 2 heterocycles. The highest BCUT2D eigenvalue weighted by Gasteiger charge is 2.28. The van der Waals surface area contributed by atoms with Gasteiger partial charge in [0, 0.05) is 35.8 Å². The smallest absolute Gasteiger partial charge is 0.422 e. The van der Waals surface area contributed by atoms with Gasteiger partial charge in [-0.1, -0.05) is 36.4 Å². The van der Waals surface area contributed by atoms with Gasteiger partial charge >= 0.3 is 6.18 Å². The number of aromatic nitrogens is 3. The molecule has 4 aromatic rings. The van der Waals surface area contributed by atoms with Crippen LogP contribution in [0.15, 0.2) is 79.3 Å². The Morgan fingerprint density at radius 3 is 2.28 bits per heavy atom. The van der Waals surface area contributed by atoms with Crippen molar-refractivity contribution in [3.63, 3.8) is 0 Å². The Balaban J connectivity index is 1.42. The number of rotatable bonds is 6. The van der Waals surface area contributed by atoms with E-state index in [0.717, 1.165) is 22.2 Å². The predicted molar refractivity (Wildman–Crippen MR) is 114 cm³/mol. The van der Waals surface area contributed by atoms with Crippen molar-refractivity contribution in [3.8, 4) is 17.0 Å². The molecule has 0 bridgehead atoms. The van der Waals surface area contributed by atoms with Gasteiger partial charge in [0.15, 0.2) is 12.4 Å². The summed E-state index contributed by atoms with van der Waals surface area (Å²) in [6.45, 7) is -1.39. The lowest BCUT2D eigenvalue weighted by Crippen LogP contribution is -2.19. The van der Waals surface area contributed by atoms with Crippen molar-refractivity contribution in [1.29, 1.82) is 0 Å². The van der Waals surface area contributed by atoms with Crippen LogP contribution in [0.25, 0.3) is 28.2 Å². The largest absolute Gasteiger partial charge is 0.468 e. The molecular weight excluding hydrogens is 419 g/mol. The zero-order chi connectivity index (χ0) is 22.6. The molecule has 0 N–H and O–H groups in total. The number of fused-ring (bicyclic) bond motifs is 1. The number of ether oxygens (including phenoxy) is 1. The third-order valence-electron chi connectivity index (χ3n) is 4.54. The molecule has 0 saturated heterocycles. The summed E-state index contributed by atoms with van der Waals surface area (Å²) in [6, 6.07) is 15.4. The number of halogens is 3. The highest BCUT2D eigenvalue weighted by Crippen LogP contribution is 2.23. The van der Waals surface area contributed by atoms with Gasteiger partial charge < -0.3 is 4.74 Å². The van der Waals surface area contributed by atoms with Crippen LogP contribution in [-0.2, 0) is 0 Å². The van der Waals surface area contributed by atoms with Gasteiger partial charge in [-0.25, -0.2) is 4.98 Å². The second-order valence-electron chi connectivity index (χ2n) is 6.87. The number of allylic oxidation sites excluding steroid dienone is 1. The summed E-state index contributed by atoms with van der Waals surface area (Å²) in [6.07, 6.45) is 3.44. The second kappa shape index (κ2) is 8.97. The molecule has 4 rings (SSSR count). The first-order valence-electron chi connectivity index (χ1n) is 9.57. The first kappa shape index (κ1) is 21.2. The molecule has 0 aliphatic rings. The van der Waals surface area contributed by atoms with Crippen LogP contribution >= 0.6 is 0 Å². The SMILES string of the molecule is O=C(/C=C/c1ccc2nccnc2c1)c1ccc(-c2ccc(OCC(F)(F)F)nc2)cc1. The van der Waals surface area contributed by atoms with Crippen LogP contribution in [0, 0.1) is 0 Å². The standard InChI is InChI=1S/C24H16F3N3O2/c25-24(26,27)15-32-23-10-7-19(14-30-23)17-3-5-18(6-4-17)22(31)9-2-16-1-8-20-21(13-16)29-12-11-28-20/h1-14H,15H2/b9-2+. The third-order valence-corrected chi connectivity index (χ3v) is 4.54. The molecule has 8 heteroatoms. The molecule has 0 spiro atoms. The van der Waals surface area contributed by atoms with Crippen LogP contribution < -0.4 is 4.74 Å². The van der Waals surface area contributed by atoms with E-state index < -0.39 is 12.8 Å². The van der Waals surface area contributed by atoms with Gasteiger partial charge in [-0.15, -0.1) is 0 Å². The summed E-state index contributed by atoms with van der Waals surface area (Å²) >= 11 is 0. The highest BCUT2D eigenvalue weighted by molar-refractivity contribution is 6.07.